The highest BCUT2D eigenvalue weighted by molar-refractivity contribution is 7.81. The van der Waals surface area contributed by atoms with Gasteiger partial charge in [0.15, 0.2) is 0 Å². The van der Waals surface area contributed by atoms with Gasteiger partial charge in [-0.3, -0.25) is 4.79 Å². The topological polar surface area (TPSA) is 20.3 Å². The molecule has 0 aromatic heterocycles. The van der Waals surface area contributed by atoms with E-state index in [1.807, 2.05) is 4.90 Å². The highest BCUT2D eigenvalue weighted by Crippen LogP contribution is 2.25. The summed E-state index contributed by atoms with van der Waals surface area (Å²) >= 11 is 4.35. The first kappa shape index (κ1) is 10.6. The summed E-state index contributed by atoms with van der Waals surface area (Å²) in [4.78, 5) is 13.5. The summed E-state index contributed by atoms with van der Waals surface area (Å²) in [6, 6.07) is 6.22. The standard InChI is InChI=1S/C12H15NOS/c1-8-3-9(2)5-10(4-8)13-7-11(15)6-12(13)14/h3-5,11,15H,6-7H2,1-2H3. The molecule has 1 unspecified atom stereocenters. The number of thiol groups is 1. The molecule has 0 N–H and O–H groups in total. The molecule has 15 heavy (non-hydrogen) atoms. The predicted octanol–water partition coefficient (Wildman–Crippen LogP) is 2.34. The van der Waals surface area contributed by atoms with Gasteiger partial charge in [0.1, 0.15) is 0 Å². The molecule has 1 atom stereocenters. The van der Waals surface area contributed by atoms with E-state index in [1.54, 1.807) is 0 Å². The quantitative estimate of drug-likeness (QED) is 0.722. The molecule has 0 spiro atoms. The van der Waals surface area contributed by atoms with Gasteiger partial charge in [-0.2, -0.15) is 12.6 Å². The Hall–Kier alpha value is -0.960. The number of amides is 1. The summed E-state index contributed by atoms with van der Waals surface area (Å²) in [6.45, 7) is 4.83. The van der Waals surface area contributed by atoms with Gasteiger partial charge in [0.25, 0.3) is 0 Å². The lowest BCUT2D eigenvalue weighted by Gasteiger charge is -2.17. The zero-order valence-corrected chi connectivity index (χ0v) is 9.92. The predicted molar refractivity (Wildman–Crippen MR) is 65.7 cm³/mol. The molecule has 1 aliphatic rings. The molecule has 1 aromatic rings. The highest BCUT2D eigenvalue weighted by atomic mass is 32.1. The minimum Gasteiger partial charge on any atom is -0.311 e. The third-order valence-electron chi connectivity index (χ3n) is 2.62. The molecular formula is C12H15NOS. The van der Waals surface area contributed by atoms with E-state index in [0.29, 0.717) is 6.42 Å². The van der Waals surface area contributed by atoms with Gasteiger partial charge in [-0.1, -0.05) is 6.07 Å². The molecule has 2 nitrogen and oxygen atoms in total. The third-order valence-corrected chi connectivity index (χ3v) is 2.97. The minimum atomic E-state index is 0.179. The van der Waals surface area contributed by atoms with Crippen LogP contribution in [0.3, 0.4) is 0 Å². The van der Waals surface area contributed by atoms with Crippen LogP contribution in [0.5, 0.6) is 0 Å². The lowest BCUT2D eigenvalue weighted by Crippen LogP contribution is -2.24. The number of anilines is 1. The number of benzene rings is 1. The van der Waals surface area contributed by atoms with Crippen LogP contribution >= 0.6 is 12.6 Å². The van der Waals surface area contributed by atoms with Crippen molar-refractivity contribution in [3.8, 4) is 0 Å². The molecule has 1 aliphatic heterocycles. The molecule has 80 valence electrons. The van der Waals surface area contributed by atoms with Gasteiger partial charge < -0.3 is 4.90 Å². The first-order valence-electron chi connectivity index (χ1n) is 5.13. The van der Waals surface area contributed by atoms with Gasteiger partial charge in [-0.05, 0) is 37.1 Å². The number of hydrogen-bond donors (Lipinski definition) is 1. The molecule has 1 aromatic carbocycles. The van der Waals surface area contributed by atoms with E-state index < -0.39 is 0 Å². The van der Waals surface area contributed by atoms with Crippen LogP contribution in [0.2, 0.25) is 0 Å². The van der Waals surface area contributed by atoms with Crippen LogP contribution in [0.25, 0.3) is 0 Å². The Kier molecular flexibility index (Phi) is 2.74. The average Bonchev–Trinajstić information content (AvgIpc) is 2.43. The van der Waals surface area contributed by atoms with Crippen molar-refractivity contribution < 1.29 is 4.79 Å². The Bertz CT molecular complexity index is 382. The van der Waals surface area contributed by atoms with E-state index in [-0.39, 0.29) is 11.2 Å². The van der Waals surface area contributed by atoms with Crippen molar-refractivity contribution in [3.05, 3.63) is 29.3 Å². The maximum Gasteiger partial charge on any atom is 0.228 e. The molecule has 0 bridgehead atoms. The van der Waals surface area contributed by atoms with Gasteiger partial charge in [-0.25, -0.2) is 0 Å². The molecule has 1 heterocycles. The van der Waals surface area contributed by atoms with Crippen molar-refractivity contribution in [1.29, 1.82) is 0 Å². The van der Waals surface area contributed by atoms with E-state index in [1.165, 1.54) is 11.1 Å². The third kappa shape index (κ3) is 2.17. The first-order chi connectivity index (χ1) is 7.06. The van der Waals surface area contributed by atoms with Crippen LogP contribution < -0.4 is 4.90 Å². The van der Waals surface area contributed by atoms with Crippen molar-refractivity contribution in [3.63, 3.8) is 0 Å². The minimum absolute atomic E-state index is 0.179. The van der Waals surface area contributed by atoms with Gasteiger partial charge in [0, 0.05) is 23.9 Å². The summed E-state index contributed by atoms with van der Waals surface area (Å²) in [7, 11) is 0. The smallest absolute Gasteiger partial charge is 0.228 e. The second-order valence-corrected chi connectivity index (χ2v) is 4.94. The SMILES string of the molecule is Cc1cc(C)cc(N2CC(S)CC2=O)c1. The van der Waals surface area contributed by atoms with Gasteiger partial charge >= 0.3 is 0 Å². The number of nitrogens with zero attached hydrogens (tertiary/aromatic N) is 1. The van der Waals surface area contributed by atoms with Crippen LogP contribution in [-0.4, -0.2) is 17.7 Å². The Morgan fingerprint density at radius 3 is 2.33 bits per heavy atom. The number of aryl methyl sites for hydroxylation is 2. The summed E-state index contributed by atoms with van der Waals surface area (Å²) < 4.78 is 0. The Morgan fingerprint density at radius 2 is 1.87 bits per heavy atom. The van der Waals surface area contributed by atoms with E-state index in [0.717, 1.165) is 12.2 Å². The van der Waals surface area contributed by atoms with Crippen LogP contribution in [0.1, 0.15) is 17.5 Å². The lowest BCUT2D eigenvalue weighted by atomic mass is 10.1. The second-order valence-electron chi connectivity index (χ2n) is 4.21. The Labute approximate surface area is 95.7 Å². The zero-order chi connectivity index (χ0) is 11.0. The molecular weight excluding hydrogens is 206 g/mol. The molecule has 2 rings (SSSR count). The number of hydrogen-bond acceptors (Lipinski definition) is 2. The van der Waals surface area contributed by atoms with E-state index >= 15 is 0 Å². The fourth-order valence-corrected chi connectivity index (χ4v) is 2.36. The van der Waals surface area contributed by atoms with Crippen LogP contribution in [-0.2, 0) is 4.79 Å². The molecule has 0 saturated carbocycles. The molecule has 0 radical (unpaired) electrons. The van der Waals surface area contributed by atoms with Crippen molar-refractivity contribution in [2.24, 2.45) is 0 Å². The number of carbonyl (C=O) groups excluding carboxylic acids is 1. The summed E-state index contributed by atoms with van der Waals surface area (Å²) in [6.07, 6.45) is 0.552. The monoisotopic (exact) mass is 221 g/mol. The fraction of sp³-hybridized carbons (Fsp3) is 0.417. The van der Waals surface area contributed by atoms with E-state index in [4.69, 9.17) is 0 Å². The Morgan fingerprint density at radius 1 is 1.27 bits per heavy atom. The van der Waals surface area contributed by atoms with Crippen LogP contribution in [0, 0.1) is 13.8 Å². The average molecular weight is 221 g/mol. The van der Waals surface area contributed by atoms with Crippen LogP contribution in [0.4, 0.5) is 5.69 Å². The molecule has 1 amide bonds. The van der Waals surface area contributed by atoms with Crippen molar-refractivity contribution in [1.82, 2.24) is 0 Å². The van der Waals surface area contributed by atoms with Crippen molar-refractivity contribution in [2.45, 2.75) is 25.5 Å². The Balaban J connectivity index is 2.33. The fourth-order valence-electron chi connectivity index (χ4n) is 2.04. The van der Waals surface area contributed by atoms with E-state index in [2.05, 4.69) is 44.7 Å². The van der Waals surface area contributed by atoms with Gasteiger partial charge in [0.2, 0.25) is 5.91 Å². The normalized spacial score (nSPS) is 21.1. The number of carbonyl (C=O) groups is 1. The van der Waals surface area contributed by atoms with E-state index in [9.17, 15) is 4.79 Å². The van der Waals surface area contributed by atoms with Gasteiger partial charge in [0.05, 0.1) is 0 Å². The van der Waals surface area contributed by atoms with Crippen molar-refractivity contribution >= 4 is 24.2 Å². The van der Waals surface area contributed by atoms with Crippen LogP contribution in [0.15, 0.2) is 18.2 Å². The molecule has 1 fully saturated rings. The van der Waals surface area contributed by atoms with Crippen molar-refractivity contribution in [2.75, 3.05) is 11.4 Å². The maximum absolute atomic E-state index is 11.7. The molecule has 3 heteroatoms. The summed E-state index contributed by atoms with van der Waals surface area (Å²) in [5.41, 5.74) is 3.40. The molecule has 0 aliphatic carbocycles. The first-order valence-corrected chi connectivity index (χ1v) is 5.64. The second kappa shape index (κ2) is 3.89. The zero-order valence-electron chi connectivity index (χ0n) is 9.03. The largest absolute Gasteiger partial charge is 0.311 e. The molecule has 1 saturated heterocycles. The number of rotatable bonds is 1. The lowest BCUT2D eigenvalue weighted by molar-refractivity contribution is -0.117. The highest BCUT2D eigenvalue weighted by Gasteiger charge is 2.28. The maximum atomic E-state index is 11.7. The summed E-state index contributed by atoms with van der Waals surface area (Å²) in [5.74, 6) is 0.181. The van der Waals surface area contributed by atoms with Gasteiger partial charge in [-0.15, -0.1) is 0 Å². The summed E-state index contributed by atoms with van der Waals surface area (Å²) in [5, 5.41) is 0.179.